The number of aryl methyl sites for hydroxylation is 1. The molecule has 0 radical (unpaired) electrons. The Kier molecular flexibility index (Phi) is 4.98. The van der Waals surface area contributed by atoms with Crippen LogP contribution in [-0.2, 0) is 0 Å². The van der Waals surface area contributed by atoms with Crippen molar-refractivity contribution in [1.82, 2.24) is 4.90 Å². The maximum Gasteiger partial charge on any atom is 0.142 e. The first-order chi connectivity index (χ1) is 8.92. The van der Waals surface area contributed by atoms with Crippen LogP contribution in [0.1, 0.15) is 19.4 Å². The van der Waals surface area contributed by atoms with Crippen LogP contribution in [0.3, 0.4) is 0 Å². The molecule has 0 aliphatic rings. The van der Waals surface area contributed by atoms with Crippen molar-refractivity contribution in [2.24, 2.45) is 4.99 Å². The molecule has 1 aromatic rings. The Balaban J connectivity index is 2.79. The number of aliphatic imine (C=N–C) groups is 1. The summed E-state index contributed by atoms with van der Waals surface area (Å²) < 4.78 is 5.84. The fraction of sp³-hybridized carbons (Fsp3) is 0.400. The Labute approximate surface area is 115 Å². The van der Waals surface area contributed by atoms with Gasteiger partial charge in [-0.1, -0.05) is 18.7 Å². The largest absolute Gasteiger partial charge is 0.489 e. The summed E-state index contributed by atoms with van der Waals surface area (Å²) in [7, 11) is 1.73. The number of nitrogens with zero attached hydrogens (tertiary/aromatic N) is 2. The van der Waals surface area contributed by atoms with Crippen LogP contribution >= 0.6 is 0 Å². The Bertz CT molecular complexity index is 466. The predicted octanol–water partition coefficient (Wildman–Crippen LogP) is 2.84. The molecule has 1 rings (SSSR count). The molecule has 4 nitrogen and oxygen atoms in total. The molecule has 2 N–H and O–H groups in total. The number of nitrogens with two attached hydrogens (primary N) is 1. The van der Waals surface area contributed by atoms with E-state index in [0.29, 0.717) is 18.0 Å². The Morgan fingerprint density at radius 3 is 2.74 bits per heavy atom. The van der Waals surface area contributed by atoms with Crippen LogP contribution < -0.4 is 10.5 Å². The van der Waals surface area contributed by atoms with Crippen molar-refractivity contribution in [3.63, 3.8) is 0 Å². The molecule has 0 fully saturated rings. The highest BCUT2D eigenvalue weighted by molar-refractivity contribution is 5.58. The van der Waals surface area contributed by atoms with Gasteiger partial charge in [-0.25, -0.2) is 0 Å². The molecule has 0 saturated carbocycles. The zero-order valence-corrected chi connectivity index (χ0v) is 12.2. The Morgan fingerprint density at radius 1 is 1.47 bits per heavy atom. The first-order valence-corrected chi connectivity index (χ1v) is 6.23. The van der Waals surface area contributed by atoms with Gasteiger partial charge in [-0.15, -0.1) is 0 Å². The van der Waals surface area contributed by atoms with Crippen LogP contribution in [-0.4, -0.2) is 30.4 Å². The molecule has 0 unspecified atom stereocenters. The minimum absolute atomic E-state index is 0.253. The number of nitrogen functional groups attached to an aromatic ring is 1. The molecule has 0 aliphatic carbocycles. The smallest absolute Gasteiger partial charge is 0.142 e. The lowest BCUT2D eigenvalue weighted by molar-refractivity contribution is 0.163. The normalized spacial score (nSPS) is 11.6. The summed E-state index contributed by atoms with van der Waals surface area (Å²) in [4.78, 5) is 5.92. The molecule has 0 amide bonds. The van der Waals surface area contributed by atoms with E-state index in [2.05, 4.69) is 25.4 Å². The number of rotatable bonds is 6. The van der Waals surface area contributed by atoms with Crippen LogP contribution in [0.5, 0.6) is 5.75 Å². The zero-order valence-electron chi connectivity index (χ0n) is 12.2. The monoisotopic (exact) mass is 261 g/mol. The summed E-state index contributed by atoms with van der Waals surface area (Å²) in [5.74, 6) is 0.713. The topological polar surface area (TPSA) is 50.8 Å². The van der Waals surface area contributed by atoms with E-state index in [0.717, 1.165) is 5.56 Å². The number of para-hydroxylation sites is 1. The van der Waals surface area contributed by atoms with Crippen LogP contribution in [0.25, 0.3) is 0 Å². The molecule has 0 spiro atoms. The predicted molar refractivity (Wildman–Crippen MR) is 81.6 cm³/mol. The van der Waals surface area contributed by atoms with E-state index < -0.39 is 0 Å². The molecule has 104 valence electrons. The van der Waals surface area contributed by atoms with Gasteiger partial charge in [0, 0.05) is 7.05 Å². The van der Waals surface area contributed by atoms with E-state index in [1.165, 1.54) is 0 Å². The van der Waals surface area contributed by atoms with E-state index in [-0.39, 0.29) is 5.54 Å². The fourth-order valence-electron chi connectivity index (χ4n) is 1.68. The Hall–Kier alpha value is -1.97. The van der Waals surface area contributed by atoms with Gasteiger partial charge in [-0.3, -0.25) is 4.99 Å². The highest BCUT2D eigenvalue weighted by atomic mass is 16.5. The van der Waals surface area contributed by atoms with Gasteiger partial charge in [0.05, 0.1) is 17.6 Å². The summed E-state index contributed by atoms with van der Waals surface area (Å²) in [5, 5.41) is 0. The van der Waals surface area contributed by atoms with E-state index in [9.17, 15) is 0 Å². The lowest BCUT2D eigenvalue weighted by Gasteiger charge is -2.34. The summed E-state index contributed by atoms with van der Waals surface area (Å²) in [6.45, 7) is 10.4. The molecule has 19 heavy (non-hydrogen) atoms. The minimum atomic E-state index is -0.253. The van der Waals surface area contributed by atoms with Gasteiger partial charge in [0.15, 0.2) is 0 Å². The number of anilines is 1. The van der Waals surface area contributed by atoms with E-state index in [1.54, 1.807) is 19.6 Å². The minimum Gasteiger partial charge on any atom is -0.489 e. The third-order valence-corrected chi connectivity index (χ3v) is 3.00. The molecule has 0 atom stereocenters. The van der Waals surface area contributed by atoms with Gasteiger partial charge in [0.2, 0.25) is 0 Å². The third-order valence-electron chi connectivity index (χ3n) is 3.00. The zero-order chi connectivity index (χ0) is 14.5. The average Bonchev–Trinajstić information content (AvgIpc) is 2.37. The summed E-state index contributed by atoms with van der Waals surface area (Å²) >= 11 is 0. The molecule has 0 saturated heterocycles. The SMILES string of the molecule is C=CN(C=NC)C(C)(C)COc1cccc(C)c1N. The first-order valence-electron chi connectivity index (χ1n) is 6.23. The highest BCUT2D eigenvalue weighted by Gasteiger charge is 2.24. The molecule has 4 heteroatoms. The average molecular weight is 261 g/mol. The van der Waals surface area contributed by atoms with Gasteiger partial charge in [-0.2, -0.15) is 0 Å². The molecular weight excluding hydrogens is 238 g/mol. The van der Waals surface area contributed by atoms with Crippen LogP contribution in [0.15, 0.2) is 36.0 Å². The van der Waals surface area contributed by atoms with Crippen molar-refractivity contribution in [2.75, 3.05) is 19.4 Å². The highest BCUT2D eigenvalue weighted by Crippen LogP contribution is 2.26. The molecule has 0 aliphatic heterocycles. The second-order valence-electron chi connectivity index (χ2n) is 5.05. The number of hydrogen-bond acceptors (Lipinski definition) is 3. The van der Waals surface area contributed by atoms with Crippen LogP contribution in [0.2, 0.25) is 0 Å². The van der Waals surface area contributed by atoms with Gasteiger partial charge in [0.25, 0.3) is 0 Å². The second-order valence-corrected chi connectivity index (χ2v) is 5.05. The fourth-order valence-corrected chi connectivity index (χ4v) is 1.68. The standard InChI is InChI=1S/C15H23N3O/c1-6-18(11-17-5)15(3,4)10-19-13-9-7-8-12(2)14(13)16/h6-9,11H,1,10,16H2,2-5H3. The van der Waals surface area contributed by atoms with Crippen molar-refractivity contribution in [2.45, 2.75) is 26.3 Å². The van der Waals surface area contributed by atoms with Crippen molar-refractivity contribution >= 4 is 12.0 Å². The lowest BCUT2D eigenvalue weighted by atomic mass is 10.1. The van der Waals surface area contributed by atoms with Gasteiger partial charge >= 0.3 is 0 Å². The van der Waals surface area contributed by atoms with E-state index >= 15 is 0 Å². The van der Waals surface area contributed by atoms with Crippen LogP contribution in [0.4, 0.5) is 5.69 Å². The van der Waals surface area contributed by atoms with Crippen molar-refractivity contribution in [3.8, 4) is 5.75 Å². The third kappa shape index (κ3) is 3.74. The summed E-state index contributed by atoms with van der Waals surface area (Å²) in [5.41, 5.74) is 7.45. The van der Waals surface area contributed by atoms with E-state index in [4.69, 9.17) is 10.5 Å². The van der Waals surface area contributed by atoms with Crippen molar-refractivity contribution < 1.29 is 4.74 Å². The van der Waals surface area contributed by atoms with Crippen molar-refractivity contribution in [3.05, 3.63) is 36.5 Å². The number of hydrogen-bond donors (Lipinski definition) is 1. The van der Waals surface area contributed by atoms with E-state index in [1.807, 2.05) is 30.0 Å². The second kappa shape index (κ2) is 6.27. The molecule has 0 heterocycles. The summed E-state index contributed by atoms with van der Waals surface area (Å²) in [6, 6.07) is 5.78. The first kappa shape index (κ1) is 15.1. The number of benzene rings is 1. The maximum absolute atomic E-state index is 5.99. The Morgan fingerprint density at radius 2 is 2.16 bits per heavy atom. The number of ether oxygens (including phenoxy) is 1. The molecule has 1 aromatic carbocycles. The van der Waals surface area contributed by atoms with Crippen LogP contribution in [0, 0.1) is 6.92 Å². The maximum atomic E-state index is 5.99. The lowest BCUT2D eigenvalue weighted by Crippen LogP contribution is -2.44. The van der Waals surface area contributed by atoms with Gasteiger partial charge in [0.1, 0.15) is 12.4 Å². The quantitative estimate of drug-likeness (QED) is 0.486. The van der Waals surface area contributed by atoms with Gasteiger partial charge < -0.3 is 15.4 Å². The van der Waals surface area contributed by atoms with Crippen molar-refractivity contribution in [1.29, 1.82) is 0 Å². The van der Waals surface area contributed by atoms with Gasteiger partial charge in [-0.05, 0) is 38.6 Å². The molecule has 0 aromatic heterocycles. The molecule has 0 bridgehead atoms. The molecular formula is C15H23N3O. The summed E-state index contributed by atoms with van der Waals surface area (Å²) in [6.07, 6.45) is 3.46.